The number of amides is 2. The van der Waals surface area contributed by atoms with Crippen LogP contribution in [0.2, 0.25) is 5.02 Å². The van der Waals surface area contributed by atoms with Crippen LogP contribution in [0.1, 0.15) is 42.8 Å². The van der Waals surface area contributed by atoms with Gasteiger partial charge in [-0.15, -0.1) is 0 Å². The van der Waals surface area contributed by atoms with Crippen molar-refractivity contribution < 1.29 is 9.53 Å². The highest BCUT2D eigenvalue weighted by Gasteiger charge is 2.26. The van der Waals surface area contributed by atoms with Gasteiger partial charge in [0.25, 0.3) is 0 Å². The zero-order valence-corrected chi connectivity index (χ0v) is 16.1. The number of hydrogen-bond acceptors (Lipinski definition) is 3. The second kappa shape index (κ2) is 7.99. The lowest BCUT2D eigenvalue weighted by molar-refractivity contribution is 0.110. The molecule has 1 atom stereocenters. The molecule has 26 heavy (non-hydrogen) atoms. The van der Waals surface area contributed by atoms with Crippen LogP contribution in [0.4, 0.5) is 4.79 Å². The van der Waals surface area contributed by atoms with Gasteiger partial charge in [-0.1, -0.05) is 23.7 Å². The summed E-state index contributed by atoms with van der Waals surface area (Å²) in [5.41, 5.74) is 2.96. The molecule has 0 radical (unpaired) electrons. The topological polar surface area (TPSA) is 70.2 Å². The molecule has 0 unspecified atom stereocenters. The highest BCUT2D eigenvalue weighted by molar-refractivity contribution is 6.32. The van der Waals surface area contributed by atoms with Gasteiger partial charge in [-0.2, -0.15) is 5.10 Å². The summed E-state index contributed by atoms with van der Waals surface area (Å²) < 4.78 is 5.98. The summed E-state index contributed by atoms with van der Waals surface area (Å²) in [6, 6.07) is 7.35. The molecule has 2 aromatic rings. The Balaban J connectivity index is 1.51. The van der Waals surface area contributed by atoms with E-state index in [-0.39, 0.29) is 18.2 Å². The lowest BCUT2D eigenvalue weighted by Crippen LogP contribution is -2.47. The Bertz CT molecular complexity index is 749. The van der Waals surface area contributed by atoms with Crippen LogP contribution in [-0.2, 0) is 0 Å². The van der Waals surface area contributed by atoms with Gasteiger partial charge in [0.15, 0.2) is 0 Å². The van der Waals surface area contributed by atoms with Crippen molar-refractivity contribution in [2.75, 3.05) is 13.1 Å². The Labute approximate surface area is 158 Å². The number of halogens is 1. The van der Waals surface area contributed by atoms with Crippen molar-refractivity contribution in [3.05, 3.63) is 46.2 Å². The average Bonchev–Trinajstić information content (AvgIpc) is 2.96. The summed E-state index contributed by atoms with van der Waals surface area (Å²) in [6.07, 6.45) is 1.66. The van der Waals surface area contributed by atoms with E-state index in [1.807, 2.05) is 49.9 Å². The number of para-hydroxylation sites is 1. The first kappa shape index (κ1) is 18.6. The number of hydrogen-bond donors (Lipinski definition) is 2. The van der Waals surface area contributed by atoms with Gasteiger partial charge < -0.3 is 15.0 Å². The van der Waals surface area contributed by atoms with E-state index in [0.717, 1.165) is 29.8 Å². The largest absolute Gasteiger partial charge is 0.489 e. The summed E-state index contributed by atoms with van der Waals surface area (Å²) in [7, 11) is 0. The van der Waals surface area contributed by atoms with Crippen molar-refractivity contribution in [1.29, 1.82) is 0 Å². The van der Waals surface area contributed by atoms with Crippen LogP contribution in [-0.4, -0.2) is 40.3 Å². The van der Waals surface area contributed by atoms with E-state index in [1.165, 1.54) is 0 Å². The van der Waals surface area contributed by atoms with Crippen molar-refractivity contribution in [1.82, 2.24) is 20.4 Å². The first-order valence-electron chi connectivity index (χ1n) is 8.93. The fourth-order valence-corrected chi connectivity index (χ4v) is 3.62. The Hall–Kier alpha value is -2.21. The molecule has 6 nitrogen and oxygen atoms in total. The molecule has 0 bridgehead atoms. The average molecular weight is 377 g/mol. The molecule has 7 heteroatoms. The van der Waals surface area contributed by atoms with Crippen molar-refractivity contribution in [3.63, 3.8) is 0 Å². The number of carbonyl (C=O) groups excluding carboxylic acids is 1. The van der Waals surface area contributed by atoms with E-state index in [0.29, 0.717) is 23.9 Å². The number of nitrogens with one attached hydrogen (secondary N) is 2. The minimum absolute atomic E-state index is 0.0475. The van der Waals surface area contributed by atoms with Gasteiger partial charge in [-0.3, -0.25) is 5.10 Å². The summed E-state index contributed by atoms with van der Waals surface area (Å²) >= 11 is 6.15. The lowest BCUT2D eigenvalue weighted by Gasteiger charge is -2.33. The van der Waals surface area contributed by atoms with Gasteiger partial charge in [0.2, 0.25) is 0 Å². The maximum atomic E-state index is 12.6. The molecule has 2 amide bonds. The van der Waals surface area contributed by atoms with Crippen LogP contribution in [0, 0.1) is 13.8 Å². The Morgan fingerprint density at radius 3 is 2.65 bits per heavy atom. The number of piperidine rings is 1. The van der Waals surface area contributed by atoms with Crippen molar-refractivity contribution in [3.8, 4) is 5.75 Å². The zero-order chi connectivity index (χ0) is 18.7. The molecule has 2 N–H and O–H groups in total. The molecule has 1 saturated heterocycles. The second-order valence-corrected chi connectivity index (χ2v) is 7.16. The number of nitrogens with zero attached hydrogens (tertiary/aromatic N) is 2. The SMILES string of the molecule is Cc1n[nH]c(C)c1[C@@H](C)NC(=O)N1CCC(Oc2ccccc2Cl)CC1. The summed E-state index contributed by atoms with van der Waals surface area (Å²) in [5, 5.41) is 10.8. The fourth-order valence-electron chi connectivity index (χ4n) is 3.44. The Morgan fingerprint density at radius 2 is 2.04 bits per heavy atom. The highest BCUT2D eigenvalue weighted by atomic mass is 35.5. The summed E-state index contributed by atoms with van der Waals surface area (Å²) in [4.78, 5) is 14.4. The van der Waals surface area contributed by atoms with Gasteiger partial charge in [0.1, 0.15) is 11.9 Å². The van der Waals surface area contributed by atoms with Crippen LogP contribution >= 0.6 is 11.6 Å². The fraction of sp³-hybridized carbons (Fsp3) is 0.474. The molecule has 3 rings (SSSR count). The van der Waals surface area contributed by atoms with E-state index >= 15 is 0 Å². The molecule has 0 saturated carbocycles. The number of likely N-dealkylation sites (tertiary alicyclic amines) is 1. The van der Waals surface area contributed by atoms with E-state index in [2.05, 4.69) is 15.5 Å². The Morgan fingerprint density at radius 1 is 1.35 bits per heavy atom. The van der Waals surface area contributed by atoms with Crippen LogP contribution < -0.4 is 10.1 Å². The Kier molecular flexibility index (Phi) is 5.71. The molecule has 0 aliphatic carbocycles. The first-order valence-corrected chi connectivity index (χ1v) is 9.31. The maximum absolute atomic E-state index is 12.6. The van der Waals surface area contributed by atoms with Crippen LogP contribution in [0.3, 0.4) is 0 Å². The molecule has 1 aromatic carbocycles. The first-order chi connectivity index (χ1) is 12.5. The molecule has 0 spiro atoms. The van der Waals surface area contributed by atoms with E-state index in [9.17, 15) is 4.79 Å². The number of H-pyrrole nitrogens is 1. The quantitative estimate of drug-likeness (QED) is 0.847. The third kappa shape index (κ3) is 4.12. The monoisotopic (exact) mass is 376 g/mol. The maximum Gasteiger partial charge on any atom is 0.317 e. The number of aromatic amines is 1. The van der Waals surface area contributed by atoms with Crippen LogP contribution in [0.5, 0.6) is 5.75 Å². The summed E-state index contributed by atoms with van der Waals surface area (Å²) in [6.45, 7) is 7.22. The number of benzene rings is 1. The van der Waals surface area contributed by atoms with Gasteiger partial charge in [0.05, 0.1) is 16.8 Å². The predicted molar refractivity (Wildman–Crippen MR) is 102 cm³/mol. The molecule has 1 aliphatic rings. The van der Waals surface area contributed by atoms with Gasteiger partial charge in [-0.25, -0.2) is 4.79 Å². The molecule has 1 aromatic heterocycles. The van der Waals surface area contributed by atoms with Crippen molar-refractivity contribution in [2.24, 2.45) is 0 Å². The number of carbonyl (C=O) groups is 1. The lowest BCUT2D eigenvalue weighted by atomic mass is 10.1. The normalized spacial score (nSPS) is 16.4. The number of urea groups is 1. The molecule has 1 fully saturated rings. The van der Waals surface area contributed by atoms with Gasteiger partial charge in [0, 0.05) is 37.2 Å². The zero-order valence-electron chi connectivity index (χ0n) is 15.4. The number of aromatic nitrogens is 2. The smallest absolute Gasteiger partial charge is 0.317 e. The van der Waals surface area contributed by atoms with Gasteiger partial charge >= 0.3 is 6.03 Å². The van der Waals surface area contributed by atoms with Crippen molar-refractivity contribution >= 4 is 17.6 Å². The minimum atomic E-state index is -0.0849. The molecule has 2 heterocycles. The van der Waals surface area contributed by atoms with E-state index in [4.69, 9.17) is 16.3 Å². The molecule has 1 aliphatic heterocycles. The molecular formula is C19H25ClN4O2. The van der Waals surface area contributed by atoms with E-state index in [1.54, 1.807) is 0 Å². The van der Waals surface area contributed by atoms with E-state index < -0.39 is 0 Å². The number of aryl methyl sites for hydroxylation is 2. The summed E-state index contributed by atoms with van der Waals surface area (Å²) in [5.74, 6) is 0.705. The number of rotatable bonds is 4. The molecular weight excluding hydrogens is 352 g/mol. The van der Waals surface area contributed by atoms with Gasteiger partial charge in [-0.05, 0) is 32.9 Å². The molecule has 140 valence electrons. The standard InChI is InChI=1S/C19H25ClN4O2/c1-12(18-13(2)22-23-14(18)3)21-19(25)24-10-8-15(9-11-24)26-17-7-5-4-6-16(17)20/h4-7,12,15H,8-11H2,1-3H3,(H,21,25)(H,22,23)/t12-/m1/s1. The second-order valence-electron chi connectivity index (χ2n) is 6.75. The predicted octanol–water partition coefficient (Wildman–Crippen LogP) is 3.99. The van der Waals surface area contributed by atoms with Crippen LogP contribution in [0.15, 0.2) is 24.3 Å². The van der Waals surface area contributed by atoms with Crippen molar-refractivity contribution in [2.45, 2.75) is 45.8 Å². The highest BCUT2D eigenvalue weighted by Crippen LogP contribution is 2.27. The third-order valence-corrected chi connectivity index (χ3v) is 5.13. The number of ether oxygens (including phenoxy) is 1. The minimum Gasteiger partial charge on any atom is -0.489 e. The third-order valence-electron chi connectivity index (χ3n) is 4.82. The van der Waals surface area contributed by atoms with Crippen LogP contribution in [0.25, 0.3) is 0 Å².